The summed E-state index contributed by atoms with van der Waals surface area (Å²) in [5.41, 5.74) is 3.03. The van der Waals surface area contributed by atoms with Crippen LogP contribution in [0.1, 0.15) is 76.8 Å². The highest BCUT2D eigenvalue weighted by atomic mass is 32.2. The number of rotatable bonds is 6. The smallest absolute Gasteiger partial charge is 0.343 e. The minimum atomic E-state index is -3.84. The van der Waals surface area contributed by atoms with Crippen LogP contribution in [0.15, 0.2) is 90.3 Å². The molecule has 42 heavy (non-hydrogen) atoms. The average molecular weight is 586 g/mol. The van der Waals surface area contributed by atoms with E-state index in [1.807, 2.05) is 30.3 Å². The van der Waals surface area contributed by atoms with Crippen LogP contribution in [0.3, 0.4) is 0 Å². The first-order chi connectivity index (χ1) is 20.0. The van der Waals surface area contributed by atoms with Gasteiger partial charge in [0.15, 0.2) is 0 Å². The summed E-state index contributed by atoms with van der Waals surface area (Å²) < 4.78 is 34.9. The molecule has 0 unspecified atom stereocenters. The number of nitrogens with two attached hydrogens (primary N) is 1. The van der Waals surface area contributed by atoms with Crippen LogP contribution in [-0.4, -0.2) is 26.5 Å². The molecule has 2 fully saturated rings. The molecule has 0 heterocycles. The highest BCUT2D eigenvalue weighted by Gasteiger charge is 2.62. The molecule has 7 nitrogen and oxygen atoms in total. The number of carbonyl (C=O) groups is 2. The maximum atomic E-state index is 13.0. The SMILES string of the molecule is C=C[C@@]12CCc3cc(OC(=O)c4ccc(S(N)(=O)=O)cc4)ccc3[C@H]1CC[C@]1(C)[C@@H](OC(=O)c3ccccc3)CC[C@H]12. The van der Waals surface area contributed by atoms with Crippen LogP contribution in [-0.2, 0) is 21.2 Å². The van der Waals surface area contributed by atoms with Crippen molar-refractivity contribution < 1.29 is 27.5 Å². The number of fused-ring (bicyclic) bond motifs is 5. The first-order valence-corrected chi connectivity index (χ1v) is 16.0. The molecule has 218 valence electrons. The number of primary sulfonamides is 1. The number of sulfonamides is 1. The van der Waals surface area contributed by atoms with E-state index in [0.717, 1.165) is 38.5 Å². The third-order valence-electron chi connectivity index (χ3n) is 10.1. The number of carbonyl (C=O) groups excluding carboxylic acids is 2. The number of ether oxygens (including phenoxy) is 2. The van der Waals surface area contributed by atoms with Gasteiger partial charge in [-0.25, -0.2) is 23.1 Å². The Kier molecular flexibility index (Phi) is 7.10. The van der Waals surface area contributed by atoms with E-state index in [1.54, 1.807) is 12.1 Å². The van der Waals surface area contributed by atoms with Gasteiger partial charge in [-0.3, -0.25) is 0 Å². The van der Waals surface area contributed by atoms with Gasteiger partial charge in [-0.2, -0.15) is 0 Å². The Labute approximate surface area is 246 Å². The number of allylic oxidation sites excluding steroid dienone is 1. The van der Waals surface area contributed by atoms with Gasteiger partial charge < -0.3 is 9.47 Å². The lowest BCUT2D eigenvalue weighted by Gasteiger charge is -2.57. The van der Waals surface area contributed by atoms with Crippen molar-refractivity contribution in [1.29, 1.82) is 0 Å². The lowest BCUT2D eigenvalue weighted by molar-refractivity contribution is -0.0641. The van der Waals surface area contributed by atoms with E-state index in [2.05, 4.69) is 25.6 Å². The maximum absolute atomic E-state index is 13.0. The lowest BCUT2D eigenvalue weighted by atomic mass is 9.47. The van der Waals surface area contributed by atoms with E-state index >= 15 is 0 Å². The summed E-state index contributed by atoms with van der Waals surface area (Å²) in [6.45, 7) is 6.64. The Balaban J connectivity index is 1.20. The Hall–Kier alpha value is -3.75. The molecule has 0 amide bonds. The Bertz CT molecular complexity index is 1650. The lowest BCUT2D eigenvalue weighted by Crippen LogP contribution is -2.51. The van der Waals surface area contributed by atoms with Crippen molar-refractivity contribution in [3.63, 3.8) is 0 Å². The summed E-state index contributed by atoms with van der Waals surface area (Å²) >= 11 is 0. The Morgan fingerprint density at radius 2 is 1.64 bits per heavy atom. The van der Waals surface area contributed by atoms with E-state index in [0.29, 0.717) is 17.2 Å². The standard InChI is InChI=1S/C34H35NO6S/c1-3-34-20-17-24-21-25(40-31(36)23-9-12-26(13-10-23)42(35,38)39)11-14-27(24)28(34)18-19-33(2)29(34)15-16-30(33)41-32(37)22-7-5-4-6-8-22/h3-14,21,28-30H,1,15-20H2,2H3,(H2,35,38,39)/t28-,29-,30+,33+,34-/m1/s1. The van der Waals surface area contributed by atoms with Gasteiger partial charge in [-0.05, 0) is 115 Å². The molecule has 0 spiro atoms. The molecule has 5 atom stereocenters. The fourth-order valence-electron chi connectivity index (χ4n) is 8.03. The van der Waals surface area contributed by atoms with Gasteiger partial charge in [0, 0.05) is 5.41 Å². The first kappa shape index (κ1) is 28.4. The number of hydrogen-bond donors (Lipinski definition) is 1. The van der Waals surface area contributed by atoms with Crippen molar-refractivity contribution in [1.82, 2.24) is 0 Å². The monoisotopic (exact) mass is 585 g/mol. The van der Waals surface area contributed by atoms with Crippen LogP contribution in [0.2, 0.25) is 0 Å². The summed E-state index contributed by atoms with van der Waals surface area (Å²) in [5.74, 6) is 0.266. The van der Waals surface area contributed by atoms with Gasteiger partial charge in [-0.1, -0.05) is 37.3 Å². The topological polar surface area (TPSA) is 113 Å². The molecule has 8 heteroatoms. The molecule has 3 aromatic rings. The minimum absolute atomic E-state index is 0.0648. The normalized spacial score (nSPS) is 28.1. The molecule has 2 N–H and O–H groups in total. The number of benzene rings is 3. The van der Waals surface area contributed by atoms with Gasteiger partial charge in [0.2, 0.25) is 10.0 Å². The van der Waals surface area contributed by atoms with Crippen molar-refractivity contribution in [3.8, 4) is 5.75 Å². The average Bonchev–Trinajstić information content (AvgIpc) is 3.33. The predicted molar refractivity (Wildman–Crippen MR) is 159 cm³/mol. The van der Waals surface area contributed by atoms with E-state index in [4.69, 9.17) is 14.6 Å². The fraction of sp³-hybridized carbons (Fsp3) is 0.353. The van der Waals surface area contributed by atoms with Gasteiger partial charge in [0.25, 0.3) is 0 Å². The second kappa shape index (κ2) is 10.5. The Morgan fingerprint density at radius 3 is 2.33 bits per heavy atom. The van der Waals surface area contributed by atoms with Crippen LogP contribution in [0, 0.1) is 16.7 Å². The maximum Gasteiger partial charge on any atom is 0.343 e. The molecule has 0 radical (unpaired) electrons. The molecule has 3 aromatic carbocycles. The summed E-state index contributed by atoms with van der Waals surface area (Å²) in [4.78, 5) is 25.7. The fourth-order valence-corrected chi connectivity index (χ4v) is 8.55. The van der Waals surface area contributed by atoms with Gasteiger partial charge >= 0.3 is 11.9 Å². The zero-order valence-electron chi connectivity index (χ0n) is 23.6. The Morgan fingerprint density at radius 1 is 0.929 bits per heavy atom. The molecule has 2 saturated carbocycles. The largest absolute Gasteiger partial charge is 0.458 e. The van der Waals surface area contributed by atoms with Gasteiger partial charge in [-0.15, -0.1) is 6.58 Å². The van der Waals surface area contributed by atoms with E-state index in [-0.39, 0.29) is 39.3 Å². The first-order valence-electron chi connectivity index (χ1n) is 14.4. The van der Waals surface area contributed by atoms with Gasteiger partial charge in [0.1, 0.15) is 11.9 Å². The zero-order chi connectivity index (χ0) is 29.7. The molecule has 3 aliphatic rings. The van der Waals surface area contributed by atoms with Crippen molar-refractivity contribution in [2.75, 3.05) is 0 Å². The van der Waals surface area contributed by atoms with Crippen LogP contribution >= 0.6 is 0 Å². The molecule has 0 aromatic heterocycles. The number of esters is 2. The summed E-state index contributed by atoms with van der Waals surface area (Å²) in [6, 6.07) is 20.4. The summed E-state index contributed by atoms with van der Waals surface area (Å²) in [5, 5.41) is 5.15. The van der Waals surface area contributed by atoms with Crippen molar-refractivity contribution in [2.45, 2.75) is 62.4 Å². The second-order valence-electron chi connectivity index (χ2n) is 12.1. The van der Waals surface area contributed by atoms with Crippen molar-refractivity contribution in [3.05, 3.63) is 108 Å². The quantitative estimate of drug-likeness (QED) is 0.210. The van der Waals surface area contributed by atoms with Gasteiger partial charge in [0.05, 0.1) is 16.0 Å². The molecule has 0 bridgehead atoms. The molecule has 6 rings (SSSR count). The van der Waals surface area contributed by atoms with Crippen LogP contribution in [0.4, 0.5) is 0 Å². The van der Waals surface area contributed by atoms with Crippen LogP contribution in [0.5, 0.6) is 5.75 Å². The molecule has 0 saturated heterocycles. The minimum Gasteiger partial charge on any atom is -0.458 e. The summed E-state index contributed by atoms with van der Waals surface area (Å²) in [6.07, 6.45) is 7.55. The van der Waals surface area contributed by atoms with Crippen LogP contribution < -0.4 is 9.88 Å². The highest BCUT2D eigenvalue weighted by molar-refractivity contribution is 7.89. The van der Waals surface area contributed by atoms with E-state index < -0.39 is 16.0 Å². The van der Waals surface area contributed by atoms with Crippen molar-refractivity contribution in [2.24, 2.45) is 21.9 Å². The van der Waals surface area contributed by atoms with E-state index in [9.17, 15) is 18.0 Å². The number of hydrogen-bond acceptors (Lipinski definition) is 6. The highest BCUT2D eigenvalue weighted by Crippen LogP contribution is 2.68. The molecular weight excluding hydrogens is 550 g/mol. The van der Waals surface area contributed by atoms with E-state index in [1.165, 1.54) is 35.4 Å². The van der Waals surface area contributed by atoms with Crippen molar-refractivity contribution >= 4 is 22.0 Å². The zero-order valence-corrected chi connectivity index (χ0v) is 24.4. The van der Waals surface area contributed by atoms with Crippen LogP contribution in [0.25, 0.3) is 0 Å². The third kappa shape index (κ3) is 4.76. The molecule has 3 aliphatic carbocycles. The second-order valence-corrected chi connectivity index (χ2v) is 13.7. The molecule has 0 aliphatic heterocycles. The molecular formula is C34H35NO6S. The summed E-state index contributed by atoms with van der Waals surface area (Å²) in [7, 11) is -3.84. The third-order valence-corrected chi connectivity index (χ3v) is 11.0. The predicted octanol–water partition coefficient (Wildman–Crippen LogP) is 6.19. The number of aryl methyl sites for hydroxylation is 1.